The van der Waals surface area contributed by atoms with Gasteiger partial charge in [0.15, 0.2) is 0 Å². The molecule has 1 amide bonds. The topological polar surface area (TPSA) is 54.5 Å². The van der Waals surface area contributed by atoms with Crippen LogP contribution in [0.15, 0.2) is 48.8 Å². The number of benzene rings is 1. The van der Waals surface area contributed by atoms with E-state index in [2.05, 4.69) is 27.3 Å². The first-order chi connectivity index (χ1) is 11.7. The Hall–Kier alpha value is -2.40. The second-order valence-electron chi connectivity index (χ2n) is 6.12. The number of anilines is 1. The standard InChI is InChI=1S/C19H23N3O2/c1-22(14-15-6-3-2-4-7-15)17-10-16(11-20-12-17)19(23)21-13-18-8-5-9-24-18/h2-4,6-7,10-12,18H,5,8-9,13-14H2,1H3,(H,21,23). The molecule has 126 valence electrons. The summed E-state index contributed by atoms with van der Waals surface area (Å²) in [6.45, 7) is 2.12. The summed E-state index contributed by atoms with van der Waals surface area (Å²) in [6.07, 6.45) is 5.61. The highest BCUT2D eigenvalue weighted by Gasteiger charge is 2.17. The lowest BCUT2D eigenvalue weighted by Gasteiger charge is -2.19. The van der Waals surface area contributed by atoms with Crippen LogP contribution in [0, 0.1) is 0 Å². The number of rotatable bonds is 6. The predicted molar refractivity (Wildman–Crippen MR) is 94.1 cm³/mol. The van der Waals surface area contributed by atoms with Crippen molar-refractivity contribution in [2.75, 3.05) is 25.1 Å². The molecule has 1 fully saturated rings. The Morgan fingerprint density at radius 2 is 2.17 bits per heavy atom. The number of amides is 1. The van der Waals surface area contributed by atoms with Crippen LogP contribution in [0.4, 0.5) is 5.69 Å². The van der Waals surface area contributed by atoms with Gasteiger partial charge in [-0.3, -0.25) is 9.78 Å². The van der Waals surface area contributed by atoms with Crippen molar-refractivity contribution in [1.29, 1.82) is 0 Å². The van der Waals surface area contributed by atoms with Crippen molar-refractivity contribution in [3.05, 3.63) is 59.9 Å². The molecule has 1 aliphatic heterocycles. The second kappa shape index (κ2) is 7.93. The highest BCUT2D eigenvalue weighted by atomic mass is 16.5. The number of nitrogens with one attached hydrogen (secondary N) is 1. The van der Waals surface area contributed by atoms with Crippen LogP contribution >= 0.6 is 0 Å². The molecule has 5 nitrogen and oxygen atoms in total. The van der Waals surface area contributed by atoms with Crippen LogP contribution in [0.2, 0.25) is 0 Å². The van der Waals surface area contributed by atoms with E-state index >= 15 is 0 Å². The minimum Gasteiger partial charge on any atom is -0.376 e. The van der Waals surface area contributed by atoms with E-state index in [4.69, 9.17) is 4.74 Å². The van der Waals surface area contributed by atoms with Crippen molar-refractivity contribution in [1.82, 2.24) is 10.3 Å². The van der Waals surface area contributed by atoms with Crippen LogP contribution < -0.4 is 10.2 Å². The molecule has 1 unspecified atom stereocenters. The molecule has 1 aromatic carbocycles. The van der Waals surface area contributed by atoms with Crippen LogP contribution in [-0.2, 0) is 11.3 Å². The molecule has 0 radical (unpaired) electrons. The first-order valence-electron chi connectivity index (χ1n) is 8.32. The first-order valence-corrected chi connectivity index (χ1v) is 8.32. The van der Waals surface area contributed by atoms with Crippen LogP contribution in [-0.4, -0.2) is 37.2 Å². The summed E-state index contributed by atoms with van der Waals surface area (Å²) in [7, 11) is 2.00. The molecule has 1 atom stereocenters. The zero-order valence-electron chi connectivity index (χ0n) is 13.9. The number of hydrogen-bond donors (Lipinski definition) is 1. The van der Waals surface area contributed by atoms with Crippen molar-refractivity contribution >= 4 is 11.6 Å². The van der Waals surface area contributed by atoms with Gasteiger partial charge >= 0.3 is 0 Å². The third-order valence-electron chi connectivity index (χ3n) is 4.20. The maximum atomic E-state index is 12.3. The zero-order chi connectivity index (χ0) is 16.8. The van der Waals surface area contributed by atoms with E-state index in [9.17, 15) is 4.79 Å². The molecule has 1 aliphatic rings. The molecule has 0 bridgehead atoms. The predicted octanol–water partition coefficient (Wildman–Crippen LogP) is 2.63. The van der Waals surface area contributed by atoms with Crippen molar-refractivity contribution < 1.29 is 9.53 Å². The summed E-state index contributed by atoms with van der Waals surface area (Å²) in [5.41, 5.74) is 2.71. The minimum absolute atomic E-state index is 0.104. The summed E-state index contributed by atoms with van der Waals surface area (Å²) in [5.74, 6) is -0.104. The molecular formula is C19H23N3O2. The van der Waals surface area contributed by atoms with E-state index in [1.807, 2.05) is 31.3 Å². The monoisotopic (exact) mass is 325 g/mol. The van der Waals surface area contributed by atoms with Crippen molar-refractivity contribution in [3.8, 4) is 0 Å². The van der Waals surface area contributed by atoms with Gasteiger partial charge in [0, 0.05) is 32.9 Å². The largest absolute Gasteiger partial charge is 0.376 e. The number of pyridine rings is 1. The Bertz CT molecular complexity index is 669. The molecule has 5 heteroatoms. The number of nitrogens with zero attached hydrogens (tertiary/aromatic N) is 2. The number of carbonyl (C=O) groups excluding carboxylic acids is 1. The van der Waals surface area contributed by atoms with Gasteiger partial charge in [0.05, 0.1) is 23.6 Å². The number of carbonyl (C=O) groups is 1. The molecule has 2 aromatic rings. The Kier molecular flexibility index (Phi) is 5.43. The second-order valence-corrected chi connectivity index (χ2v) is 6.12. The van der Waals surface area contributed by atoms with Gasteiger partial charge in [-0.2, -0.15) is 0 Å². The lowest BCUT2D eigenvalue weighted by molar-refractivity contribution is 0.0857. The van der Waals surface area contributed by atoms with E-state index in [0.29, 0.717) is 12.1 Å². The van der Waals surface area contributed by atoms with E-state index in [1.165, 1.54) is 5.56 Å². The van der Waals surface area contributed by atoms with Gasteiger partial charge in [0.25, 0.3) is 5.91 Å². The van der Waals surface area contributed by atoms with Crippen LogP contribution in [0.25, 0.3) is 0 Å². The molecule has 3 rings (SSSR count). The summed E-state index contributed by atoms with van der Waals surface area (Å²) < 4.78 is 5.53. The molecule has 1 saturated heterocycles. The Labute approximate surface area is 142 Å². The fraction of sp³-hybridized carbons (Fsp3) is 0.368. The molecule has 1 aromatic heterocycles. The molecule has 1 N–H and O–H groups in total. The number of aromatic nitrogens is 1. The van der Waals surface area contributed by atoms with Gasteiger partial charge < -0.3 is 15.0 Å². The van der Waals surface area contributed by atoms with E-state index in [0.717, 1.165) is 31.7 Å². The molecule has 0 spiro atoms. The third kappa shape index (κ3) is 4.32. The van der Waals surface area contributed by atoms with E-state index < -0.39 is 0 Å². The summed E-state index contributed by atoms with van der Waals surface area (Å²) in [4.78, 5) is 18.6. The normalized spacial score (nSPS) is 16.8. The average molecular weight is 325 g/mol. The molecular weight excluding hydrogens is 302 g/mol. The van der Waals surface area contributed by atoms with Gasteiger partial charge in [-0.1, -0.05) is 30.3 Å². The SMILES string of the molecule is CN(Cc1ccccc1)c1cncc(C(=O)NCC2CCCO2)c1. The first kappa shape index (κ1) is 16.5. The van der Waals surface area contributed by atoms with E-state index in [-0.39, 0.29) is 12.0 Å². The van der Waals surface area contributed by atoms with E-state index in [1.54, 1.807) is 12.4 Å². The van der Waals surface area contributed by atoms with Crippen LogP contribution in [0.3, 0.4) is 0 Å². The van der Waals surface area contributed by atoms with Crippen molar-refractivity contribution in [2.24, 2.45) is 0 Å². The fourth-order valence-corrected chi connectivity index (χ4v) is 2.82. The molecule has 2 heterocycles. The van der Waals surface area contributed by atoms with Crippen molar-refractivity contribution in [3.63, 3.8) is 0 Å². The third-order valence-corrected chi connectivity index (χ3v) is 4.20. The highest BCUT2D eigenvalue weighted by Crippen LogP contribution is 2.16. The number of hydrogen-bond acceptors (Lipinski definition) is 4. The van der Waals surface area contributed by atoms with Gasteiger partial charge in [0.1, 0.15) is 0 Å². The number of ether oxygens (including phenoxy) is 1. The smallest absolute Gasteiger partial charge is 0.253 e. The average Bonchev–Trinajstić information content (AvgIpc) is 3.14. The lowest BCUT2D eigenvalue weighted by atomic mass is 10.2. The van der Waals surface area contributed by atoms with Gasteiger partial charge in [-0.15, -0.1) is 0 Å². The minimum atomic E-state index is -0.104. The van der Waals surface area contributed by atoms with Crippen LogP contribution in [0.5, 0.6) is 0 Å². The molecule has 0 saturated carbocycles. The van der Waals surface area contributed by atoms with Crippen molar-refractivity contribution in [2.45, 2.75) is 25.5 Å². The van der Waals surface area contributed by atoms with Gasteiger partial charge in [-0.25, -0.2) is 0 Å². The Morgan fingerprint density at radius 3 is 2.92 bits per heavy atom. The van der Waals surface area contributed by atoms with Gasteiger partial charge in [0.2, 0.25) is 0 Å². The Balaban J connectivity index is 1.61. The zero-order valence-corrected chi connectivity index (χ0v) is 13.9. The lowest BCUT2D eigenvalue weighted by Crippen LogP contribution is -2.32. The highest BCUT2D eigenvalue weighted by molar-refractivity contribution is 5.94. The summed E-state index contributed by atoms with van der Waals surface area (Å²) >= 11 is 0. The quantitative estimate of drug-likeness (QED) is 0.887. The maximum absolute atomic E-state index is 12.3. The van der Waals surface area contributed by atoms with Gasteiger partial charge in [-0.05, 0) is 24.5 Å². The molecule has 24 heavy (non-hydrogen) atoms. The Morgan fingerprint density at radius 1 is 1.33 bits per heavy atom. The van der Waals surface area contributed by atoms with Crippen LogP contribution in [0.1, 0.15) is 28.8 Å². The fourth-order valence-electron chi connectivity index (χ4n) is 2.82. The maximum Gasteiger partial charge on any atom is 0.253 e. The molecule has 0 aliphatic carbocycles. The summed E-state index contributed by atoms with van der Waals surface area (Å²) in [6, 6.07) is 12.1. The summed E-state index contributed by atoms with van der Waals surface area (Å²) in [5, 5.41) is 2.93.